The third-order valence-corrected chi connectivity index (χ3v) is 2.95. The second-order valence-electron chi connectivity index (χ2n) is 5.01. The Bertz CT molecular complexity index is 592. The summed E-state index contributed by atoms with van der Waals surface area (Å²) >= 11 is 0. The zero-order valence-electron chi connectivity index (χ0n) is 11.9. The van der Waals surface area contributed by atoms with Gasteiger partial charge in [0.25, 0.3) is 0 Å². The number of carbonyl (C=O) groups is 1. The first-order valence-electron chi connectivity index (χ1n) is 6.87. The molecule has 0 aliphatic heterocycles. The Kier molecular flexibility index (Phi) is 5.05. The summed E-state index contributed by atoms with van der Waals surface area (Å²) < 4.78 is 14.5. The highest BCUT2D eigenvalue weighted by molar-refractivity contribution is 5.76. The third-order valence-electron chi connectivity index (χ3n) is 2.95. The maximum atomic E-state index is 12.9. The molecule has 0 spiro atoms. The minimum atomic E-state index is -0.275. The average molecular weight is 290 g/mol. The van der Waals surface area contributed by atoms with Crippen LogP contribution in [-0.2, 0) is 11.2 Å². The number of carbonyl (C=O) groups excluding carboxylic acids is 1. The van der Waals surface area contributed by atoms with Gasteiger partial charge in [-0.15, -0.1) is 0 Å². The molecule has 5 nitrogen and oxygen atoms in total. The lowest BCUT2D eigenvalue weighted by molar-refractivity contribution is -0.121. The zero-order chi connectivity index (χ0) is 15.2. The number of hydrogen-bond acceptors (Lipinski definition) is 3. The summed E-state index contributed by atoms with van der Waals surface area (Å²) in [6.07, 6.45) is 2.77. The van der Waals surface area contributed by atoms with E-state index in [1.54, 1.807) is 23.7 Å². The first kappa shape index (κ1) is 15.2. The minimum Gasteiger partial charge on any atom is -0.356 e. The number of nitrogens with one attached hydrogen (secondary N) is 1. The van der Waals surface area contributed by atoms with Crippen molar-refractivity contribution in [1.29, 1.82) is 0 Å². The fourth-order valence-corrected chi connectivity index (χ4v) is 1.93. The minimum absolute atomic E-state index is 0.0528. The number of halogens is 1. The molecule has 0 saturated carbocycles. The number of benzene rings is 1. The van der Waals surface area contributed by atoms with Crippen LogP contribution in [0.3, 0.4) is 0 Å². The van der Waals surface area contributed by atoms with E-state index in [4.69, 9.17) is 5.73 Å². The van der Waals surface area contributed by atoms with Crippen molar-refractivity contribution in [3.05, 3.63) is 48.0 Å². The highest BCUT2D eigenvalue weighted by Gasteiger charge is 2.05. The van der Waals surface area contributed by atoms with E-state index in [9.17, 15) is 9.18 Å². The molecule has 21 heavy (non-hydrogen) atoms. The Labute approximate surface area is 123 Å². The second kappa shape index (κ2) is 6.99. The molecule has 0 aliphatic rings. The van der Waals surface area contributed by atoms with Crippen LogP contribution in [0.25, 0.3) is 5.69 Å². The summed E-state index contributed by atoms with van der Waals surface area (Å²) in [7, 11) is 0. The molecule has 1 aromatic heterocycles. The fourth-order valence-electron chi connectivity index (χ4n) is 1.93. The van der Waals surface area contributed by atoms with Gasteiger partial charge in [-0.05, 0) is 37.3 Å². The van der Waals surface area contributed by atoms with Gasteiger partial charge in [-0.1, -0.05) is 0 Å². The fraction of sp³-hybridized carbons (Fsp3) is 0.333. The van der Waals surface area contributed by atoms with Gasteiger partial charge in [0, 0.05) is 31.6 Å². The molecule has 3 N–H and O–H groups in total. The van der Waals surface area contributed by atoms with E-state index in [1.807, 2.05) is 12.3 Å². The van der Waals surface area contributed by atoms with Crippen molar-refractivity contribution in [3.8, 4) is 5.69 Å². The highest BCUT2D eigenvalue weighted by atomic mass is 19.1. The lowest BCUT2D eigenvalue weighted by Gasteiger charge is -2.06. The molecule has 2 rings (SSSR count). The molecule has 0 bridgehead atoms. The van der Waals surface area contributed by atoms with Crippen molar-refractivity contribution in [2.75, 3.05) is 6.54 Å². The number of amides is 1. The van der Waals surface area contributed by atoms with Crippen molar-refractivity contribution in [1.82, 2.24) is 15.1 Å². The van der Waals surface area contributed by atoms with E-state index in [0.29, 0.717) is 19.4 Å². The molecule has 1 atom stereocenters. The van der Waals surface area contributed by atoms with Crippen molar-refractivity contribution in [2.45, 2.75) is 25.8 Å². The molecule has 0 fully saturated rings. The van der Waals surface area contributed by atoms with Crippen LogP contribution in [0.4, 0.5) is 4.39 Å². The summed E-state index contributed by atoms with van der Waals surface area (Å²) in [5, 5.41) is 7.19. The maximum absolute atomic E-state index is 12.9. The molecule has 1 unspecified atom stereocenters. The van der Waals surface area contributed by atoms with Gasteiger partial charge in [0.1, 0.15) is 5.82 Å². The molecular formula is C15H19FN4O. The van der Waals surface area contributed by atoms with E-state index in [0.717, 1.165) is 11.4 Å². The predicted molar refractivity (Wildman–Crippen MR) is 78.5 cm³/mol. The monoisotopic (exact) mass is 290 g/mol. The molecule has 6 heteroatoms. The molecule has 2 aromatic rings. The lowest BCUT2D eigenvalue weighted by Crippen LogP contribution is -2.31. The van der Waals surface area contributed by atoms with Crippen molar-refractivity contribution in [3.63, 3.8) is 0 Å². The maximum Gasteiger partial charge on any atom is 0.221 e. The molecule has 1 heterocycles. The largest absolute Gasteiger partial charge is 0.356 e. The molecule has 0 radical (unpaired) electrons. The predicted octanol–water partition coefficient (Wildman–Crippen LogP) is 1.41. The van der Waals surface area contributed by atoms with Crippen LogP contribution in [-0.4, -0.2) is 28.3 Å². The third kappa shape index (κ3) is 4.68. The van der Waals surface area contributed by atoms with Gasteiger partial charge in [0.15, 0.2) is 0 Å². The van der Waals surface area contributed by atoms with Crippen LogP contribution < -0.4 is 11.1 Å². The van der Waals surface area contributed by atoms with Gasteiger partial charge in [-0.25, -0.2) is 9.07 Å². The van der Waals surface area contributed by atoms with Crippen LogP contribution >= 0.6 is 0 Å². The lowest BCUT2D eigenvalue weighted by atomic mass is 10.2. The molecule has 0 aliphatic carbocycles. The van der Waals surface area contributed by atoms with E-state index in [-0.39, 0.29) is 17.8 Å². The van der Waals surface area contributed by atoms with Crippen molar-refractivity contribution >= 4 is 5.91 Å². The van der Waals surface area contributed by atoms with E-state index in [1.165, 1.54) is 12.1 Å². The SMILES string of the molecule is CC(N)CC(=O)NCCc1ccn(-c2ccc(F)cc2)n1. The van der Waals surface area contributed by atoms with Crippen LogP contribution in [0.2, 0.25) is 0 Å². The number of nitrogens with two attached hydrogens (primary N) is 1. The van der Waals surface area contributed by atoms with Crippen LogP contribution in [0, 0.1) is 5.82 Å². The van der Waals surface area contributed by atoms with Gasteiger partial charge in [-0.3, -0.25) is 4.79 Å². The van der Waals surface area contributed by atoms with Gasteiger partial charge < -0.3 is 11.1 Å². The molecule has 0 saturated heterocycles. The number of hydrogen-bond donors (Lipinski definition) is 2. The molecule has 112 valence electrons. The second-order valence-corrected chi connectivity index (χ2v) is 5.01. The normalized spacial score (nSPS) is 12.1. The molecule has 1 amide bonds. The van der Waals surface area contributed by atoms with Gasteiger partial charge >= 0.3 is 0 Å². The summed E-state index contributed by atoms with van der Waals surface area (Å²) in [5.41, 5.74) is 7.21. The van der Waals surface area contributed by atoms with Gasteiger partial charge in [0.05, 0.1) is 11.4 Å². The average Bonchev–Trinajstić information content (AvgIpc) is 2.87. The van der Waals surface area contributed by atoms with Crippen LogP contribution in [0.1, 0.15) is 19.0 Å². The Hall–Kier alpha value is -2.21. The number of aromatic nitrogens is 2. The Morgan fingerprint density at radius 2 is 2.10 bits per heavy atom. The first-order chi connectivity index (χ1) is 10.0. The van der Waals surface area contributed by atoms with Crippen molar-refractivity contribution < 1.29 is 9.18 Å². The first-order valence-corrected chi connectivity index (χ1v) is 6.87. The molecule has 1 aromatic carbocycles. The summed E-state index contributed by atoms with van der Waals surface area (Å²) in [6, 6.07) is 7.85. The highest BCUT2D eigenvalue weighted by Crippen LogP contribution is 2.09. The van der Waals surface area contributed by atoms with E-state index < -0.39 is 0 Å². The van der Waals surface area contributed by atoms with E-state index >= 15 is 0 Å². The topological polar surface area (TPSA) is 72.9 Å². The summed E-state index contributed by atoms with van der Waals surface area (Å²) in [4.78, 5) is 11.5. The zero-order valence-corrected chi connectivity index (χ0v) is 11.9. The number of nitrogens with zero attached hydrogens (tertiary/aromatic N) is 2. The van der Waals surface area contributed by atoms with Gasteiger partial charge in [-0.2, -0.15) is 5.10 Å². The van der Waals surface area contributed by atoms with Gasteiger partial charge in [0.2, 0.25) is 5.91 Å². The van der Waals surface area contributed by atoms with Crippen molar-refractivity contribution in [2.24, 2.45) is 5.73 Å². The smallest absolute Gasteiger partial charge is 0.221 e. The summed E-state index contributed by atoms with van der Waals surface area (Å²) in [5.74, 6) is -0.328. The quantitative estimate of drug-likeness (QED) is 0.845. The number of rotatable bonds is 6. The Morgan fingerprint density at radius 3 is 2.76 bits per heavy atom. The molecular weight excluding hydrogens is 271 g/mol. The van der Waals surface area contributed by atoms with Crippen LogP contribution in [0.15, 0.2) is 36.5 Å². The van der Waals surface area contributed by atoms with Crippen LogP contribution in [0.5, 0.6) is 0 Å². The standard InChI is InChI=1S/C15H19FN4O/c1-11(17)10-15(21)18-8-6-13-7-9-20(19-13)14-4-2-12(16)3-5-14/h2-5,7,9,11H,6,8,10,17H2,1H3,(H,18,21). The van der Waals surface area contributed by atoms with E-state index in [2.05, 4.69) is 10.4 Å². The summed E-state index contributed by atoms with van der Waals surface area (Å²) in [6.45, 7) is 2.32. The Balaban J connectivity index is 1.86. The Morgan fingerprint density at radius 1 is 1.38 bits per heavy atom.